The van der Waals surface area contributed by atoms with Crippen molar-refractivity contribution in [1.82, 2.24) is 0 Å². The summed E-state index contributed by atoms with van der Waals surface area (Å²) in [4.78, 5) is 37.9. The van der Waals surface area contributed by atoms with Gasteiger partial charge in [0.2, 0.25) is 0 Å². The zero-order valence-electron chi connectivity index (χ0n) is 40.7. The quantitative estimate of drug-likeness (QED) is 0.0262. The lowest BCUT2D eigenvalue weighted by atomic mass is 10.0. The molecule has 0 spiro atoms. The smallest absolute Gasteiger partial charge is 0.306 e. The van der Waals surface area contributed by atoms with Gasteiger partial charge in [-0.15, -0.1) is 0 Å². The summed E-state index contributed by atoms with van der Waals surface area (Å²) in [6.07, 6.45) is 58.4. The fourth-order valence-electron chi connectivity index (χ4n) is 7.63. The van der Waals surface area contributed by atoms with Crippen molar-refractivity contribution in [3.63, 3.8) is 0 Å². The Labute approximate surface area is 378 Å². The van der Waals surface area contributed by atoms with Gasteiger partial charge in [-0.05, 0) is 57.8 Å². The molecule has 0 radical (unpaired) electrons. The highest BCUT2D eigenvalue weighted by Crippen LogP contribution is 2.16. The Morgan fingerprint density at radius 2 is 0.590 bits per heavy atom. The molecule has 0 rings (SSSR count). The monoisotopic (exact) mass is 857 g/mol. The predicted octanol–water partition coefficient (Wildman–Crippen LogP) is 17.3. The Kier molecular flexibility index (Phi) is 48.3. The number of carbonyl (C=O) groups excluding carboxylic acids is 3. The van der Waals surface area contributed by atoms with Crippen LogP contribution in [0.25, 0.3) is 0 Å². The van der Waals surface area contributed by atoms with E-state index in [9.17, 15) is 14.4 Å². The second kappa shape index (κ2) is 50.3. The van der Waals surface area contributed by atoms with Gasteiger partial charge in [-0.2, -0.15) is 0 Å². The van der Waals surface area contributed by atoms with Crippen molar-refractivity contribution in [3.8, 4) is 0 Å². The highest BCUT2D eigenvalue weighted by Gasteiger charge is 2.19. The van der Waals surface area contributed by atoms with Crippen LogP contribution < -0.4 is 0 Å². The van der Waals surface area contributed by atoms with E-state index in [2.05, 4.69) is 57.2 Å². The van der Waals surface area contributed by atoms with Crippen molar-refractivity contribution < 1.29 is 28.6 Å². The van der Waals surface area contributed by atoms with Crippen LogP contribution in [0.4, 0.5) is 0 Å². The molecular formula is C55H100O6. The van der Waals surface area contributed by atoms with Crippen LogP contribution in [-0.4, -0.2) is 37.2 Å². The normalized spacial score (nSPS) is 12.2. The van der Waals surface area contributed by atoms with E-state index in [0.29, 0.717) is 19.3 Å². The van der Waals surface area contributed by atoms with Gasteiger partial charge in [-0.25, -0.2) is 0 Å². The van der Waals surface area contributed by atoms with Crippen LogP contribution in [0.5, 0.6) is 0 Å². The van der Waals surface area contributed by atoms with Gasteiger partial charge >= 0.3 is 17.9 Å². The van der Waals surface area contributed by atoms with Gasteiger partial charge in [-0.3, -0.25) is 14.4 Å². The summed E-state index contributed by atoms with van der Waals surface area (Å²) < 4.78 is 16.8. The Morgan fingerprint density at radius 3 is 0.951 bits per heavy atom. The molecular weight excluding hydrogens is 757 g/mol. The Balaban J connectivity index is 4.37. The van der Waals surface area contributed by atoms with Crippen molar-refractivity contribution in [3.05, 3.63) is 36.5 Å². The van der Waals surface area contributed by atoms with E-state index in [1.54, 1.807) is 0 Å². The molecule has 6 nitrogen and oxygen atoms in total. The molecule has 0 aromatic heterocycles. The molecule has 356 valence electrons. The maximum absolute atomic E-state index is 12.8. The first-order valence-corrected chi connectivity index (χ1v) is 26.5. The van der Waals surface area contributed by atoms with E-state index in [4.69, 9.17) is 14.2 Å². The first-order valence-electron chi connectivity index (χ1n) is 26.5. The SMILES string of the molecule is CCCCC/C=C\C/C=C\C/C=C\CCCCC(=O)O[C@@H](COC(=O)CCCCCCCCCCCCC)COC(=O)CCCCCCCCCCCCCCCCCCC. The minimum atomic E-state index is -0.786. The number of esters is 3. The zero-order valence-corrected chi connectivity index (χ0v) is 40.7. The molecule has 0 saturated carbocycles. The first kappa shape index (κ1) is 58.6. The van der Waals surface area contributed by atoms with Crippen LogP contribution in [0, 0.1) is 0 Å². The number of rotatable bonds is 48. The molecule has 0 N–H and O–H groups in total. The molecule has 0 unspecified atom stereocenters. The number of allylic oxidation sites excluding steroid dienone is 6. The molecule has 61 heavy (non-hydrogen) atoms. The maximum atomic E-state index is 12.8. The molecule has 0 bridgehead atoms. The number of ether oxygens (including phenoxy) is 3. The van der Waals surface area contributed by atoms with Crippen LogP contribution in [0.15, 0.2) is 36.5 Å². The molecule has 0 aliphatic heterocycles. The summed E-state index contributed by atoms with van der Waals surface area (Å²) in [7, 11) is 0. The third kappa shape index (κ3) is 48.5. The zero-order chi connectivity index (χ0) is 44.4. The van der Waals surface area contributed by atoms with E-state index in [1.807, 2.05) is 0 Å². The van der Waals surface area contributed by atoms with E-state index < -0.39 is 6.10 Å². The Hall–Kier alpha value is -2.37. The number of unbranched alkanes of at least 4 members (excludes halogenated alkanes) is 31. The molecule has 0 amide bonds. The van der Waals surface area contributed by atoms with Gasteiger partial charge in [-0.1, -0.05) is 237 Å². The molecule has 0 aromatic rings. The highest BCUT2D eigenvalue weighted by atomic mass is 16.6. The van der Waals surface area contributed by atoms with Crippen LogP contribution in [0.3, 0.4) is 0 Å². The molecule has 0 heterocycles. The third-order valence-electron chi connectivity index (χ3n) is 11.6. The van der Waals surface area contributed by atoms with E-state index in [-0.39, 0.29) is 37.5 Å². The van der Waals surface area contributed by atoms with Crippen LogP contribution in [-0.2, 0) is 28.6 Å². The standard InChI is InChI=1S/C55H100O6/c1-4-7-10-13-16-19-22-24-26-27-29-30-33-36-39-42-45-48-54(57)60-51-52(50-59-53(56)47-44-41-38-35-32-21-18-15-12-9-6-3)61-55(58)49-46-43-40-37-34-31-28-25-23-20-17-14-11-8-5-2/h17,20,25,28,34,37,52H,4-16,18-19,21-24,26-27,29-33,35-36,38-51H2,1-3H3/b20-17-,28-25-,37-34-/t52-/m0/s1. The number of carbonyl (C=O) groups is 3. The van der Waals surface area contributed by atoms with Crippen molar-refractivity contribution in [2.75, 3.05) is 13.2 Å². The largest absolute Gasteiger partial charge is 0.462 e. The van der Waals surface area contributed by atoms with Gasteiger partial charge in [0.05, 0.1) is 0 Å². The molecule has 0 fully saturated rings. The predicted molar refractivity (Wildman–Crippen MR) is 261 cm³/mol. The van der Waals surface area contributed by atoms with Gasteiger partial charge < -0.3 is 14.2 Å². The van der Waals surface area contributed by atoms with Gasteiger partial charge in [0, 0.05) is 19.3 Å². The molecule has 0 saturated heterocycles. The molecule has 0 aliphatic carbocycles. The second-order valence-corrected chi connectivity index (χ2v) is 17.8. The van der Waals surface area contributed by atoms with Crippen molar-refractivity contribution >= 4 is 17.9 Å². The number of hydrogen-bond acceptors (Lipinski definition) is 6. The van der Waals surface area contributed by atoms with Crippen LogP contribution in [0.2, 0.25) is 0 Å². The van der Waals surface area contributed by atoms with E-state index in [0.717, 1.165) is 64.2 Å². The summed E-state index contributed by atoms with van der Waals surface area (Å²) >= 11 is 0. The minimum Gasteiger partial charge on any atom is -0.462 e. The highest BCUT2D eigenvalue weighted by molar-refractivity contribution is 5.71. The van der Waals surface area contributed by atoms with Gasteiger partial charge in [0.15, 0.2) is 6.10 Å². The van der Waals surface area contributed by atoms with Crippen LogP contribution >= 0.6 is 0 Å². The fraction of sp³-hybridized carbons (Fsp3) is 0.836. The van der Waals surface area contributed by atoms with Crippen molar-refractivity contribution in [2.45, 2.75) is 284 Å². The minimum absolute atomic E-state index is 0.0832. The second-order valence-electron chi connectivity index (χ2n) is 17.8. The fourth-order valence-corrected chi connectivity index (χ4v) is 7.63. The lowest BCUT2D eigenvalue weighted by molar-refractivity contribution is -0.167. The first-order chi connectivity index (χ1) is 30.0. The lowest BCUT2D eigenvalue weighted by Gasteiger charge is -2.18. The Morgan fingerprint density at radius 1 is 0.328 bits per heavy atom. The van der Waals surface area contributed by atoms with Crippen LogP contribution in [0.1, 0.15) is 278 Å². The molecule has 0 aromatic carbocycles. The summed E-state index contributed by atoms with van der Waals surface area (Å²) in [5.41, 5.74) is 0. The van der Waals surface area contributed by atoms with Gasteiger partial charge in [0.1, 0.15) is 13.2 Å². The Bertz CT molecular complexity index is 1030. The molecule has 0 aliphatic rings. The van der Waals surface area contributed by atoms with Crippen molar-refractivity contribution in [2.24, 2.45) is 0 Å². The van der Waals surface area contributed by atoms with Crippen molar-refractivity contribution in [1.29, 1.82) is 0 Å². The average molecular weight is 857 g/mol. The summed E-state index contributed by atoms with van der Waals surface area (Å²) in [5.74, 6) is -0.910. The van der Waals surface area contributed by atoms with E-state index in [1.165, 1.54) is 167 Å². The summed E-state index contributed by atoms with van der Waals surface area (Å²) in [5, 5.41) is 0. The number of hydrogen-bond donors (Lipinski definition) is 0. The lowest BCUT2D eigenvalue weighted by Crippen LogP contribution is -2.30. The maximum Gasteiger partial charge on any atom is 0.306 e. The molecule has 1 atom stereocenters. The van der Waals surface area contributed by atoms with E-state index >= 15 is 0 Å². The summed E-state index contributed by atoms with van der Waals surface area (Å²) in [6.45, 7) is 6.60. The average Bonchev–Trinajstić information content (AvgIpc) is 3.26. The topological polar surface area (TPSA) is 78.9 Å². The third-order valence-corrected chi connectivity index (χ3v) is 11.6. The summed E-state index contributed by atoms with van der Waals surface area (Å²) in [6, 6.07) is 0. The van der Waals surface area contributed by atoms with Gasteiger partial charge in [0.25, 0.3) is 0 Å². The molecule has 6 heteroatoms.